The van der Waals surface area contributed by atoms with Crippen molar-refractivity contribution in [2.24, 2.45) is 0 Å². The van der Waals surface area contributed by atoms with Gasteiger partial charge in [-0.15, -0.1) is 0 Å². The molecule has 0 radical (unpaired) electrons. The third kappa shape index (κ3) is 3.35. The number of pyridine rings is 1. The third-order valence-corrected chi connectivity index (χ3v) is 4.60. The van der Waals surface area contributed by atoms with Crippen molar-refractivity contribution in [2.45, 2.75) is 25.4 Å². The molecule has 7 heteroatoms. The molecule has 1 saturated heterocycles. The van der Waals surface area contributed by atoms with Crippen molar-refractivity contribution in [1.82, 2.24) is 4.98 Å². The Morgan fingerprint density at radius 3 is 2.56 bits per heavy atom. The Hall–Kier alpha value is -2.83. The van der Waals surface area contributed by atoms with Gasteiger partial charge in [-0.3, -0.25) is 19.9 Å². The molecule has 1 fully saturated rings. The lowest BCUT2D eigenvalue weighted by atomic mass is 9.89. The number of nitro benzene ring substituents is 1. The number of benzene rings is 1. The molecule has 130 valence electrons. The Morgan fingerprint density at radius 1 is 1.28 bits per heavy atom. The number of anilines is 1. The Labute approximate surface area is 144 Å². The minimum Gasteiger partial charge on any atom is -0.366 e. The molecule has 1 aliphatic heterocycles. The molecule has 0 saturated carbocycles. The molecule has 1 aromatic carbocycles. The van der Waals surface area contributed by atoms with Crippen molar-refractivity contribution in [3.63, 3.8) is 0 Å². The van der Waals surface area contributed by atoms with E-state index in [9.17, 15) is 14.9 Å². The second-order valence-corrected chi connectivity index (χ2v) is 6.18. The summed E-state index contributed by atoms with van der Waals surface area (Å²) < 4.78 is 15.2. The smallest absolute Gasteiger partial charge is 0.293 e. The van der Waals surface area contributed by atoms with E-state index in [2.05, 4.69) is 4.98 Å². The van der Waals surface area contributed by atoms with E-state index in [-0.39, 0.29) is 24.3 Å². The summed E-state index contributed by atoms with van der Waals surface area (Å²) in [4.78, 5) is 28.2. The minimum atomic E-state index is -1.52. The summed E-state index contributed by atoms with van der Waals surface area (Å²) in [6.45, 7) is 2.05. The van der Waals surface area contributed by atoms with Crippen LogP contribution in [0.2, 0.25) is 0 Å². The van der Waals surface area contributed by atoms with Gasteiger partial charge in [0.05, 0.1) is 10.6 Å². The fraction of sp³-hybridized carbons (Fsp3) is 0.333. The van der Waals surface area contributed by atoms with E-state index in [4.69, 9.17) is 0 Å². The van der Waals surface area contributed by atoms with Gasteiger partial charge in [-0.2, -0.15) is 0 Å². The number of aromatic nitrogens is 1. The van der Waals surface area contributed by atoms with E-state index < -0.39 is 10.6 Å². The normalized spacial score (nSPS) is 16.5. The van der Waals surface area contributed by atoms with E-state index in [1.165, 1.54) is 13.0 Å². The fourth-order valence-corrected chi connectivity index (χ4v) is 3.14. The van der Waals surface area contributed by atoms with Crippen LogP contribution in [0.1, 0.15) is 35.8 Å². The van der Waals surface area contributed by atoms with Crippen LogP contribution in [0.25, 0.3) is 0 Å². The largest absolute Gasteiger partial charge is 0.366 e. The van der Waals surface area contributed by atoms with Gasteiger partial charge < -0.3 is 4.90 Å². The first-order valence-corrected chi connectivity index (χ1v) is 8.05. The van der Waals surface area contributed by atoms with Crippen LogP contribution < -0.4 is 4.90 Å². The van der Waals surface area contributed by atoms with E-state index >= 15 is 4.39 Å². The molecule has 2 heterocycles. The van der Waals surface area contributed by atoms with Gasteiger partial charge in [0.2, 0.25) is 0 Å². The van der Waals surface area contributed by atoms with Gasteiger partial charge in [0.15, 0.2) is 11.5 Å². The Balaban J connectivity index is 1.83. The molecular formula is C18H18FN3O3. The molecule has 6 nitrogen and oxygen atoms in total. The van der Waals surface area contributed by atoms with Crippen molar-refractivity contribution in [3.05, 3.63) is 64.0 Å². The topological polar surface area (TPSA) is 76.3 Å². The average Bonchev–Trinajstić information content (AvgIpc) is 2.62. The summed E-state index contributed by atoms with van der Waals surface area (Å²) in [6.07, 6.45) is 1.97. The number of Topliss-reactive ketones (excluding diaryl/α,β-unsaturated/α-hetero) is 1. The van der Waals surface area contributed by atoms with E-state index in [0.717, 1.165) is 0 Å². The highest BCUT2D eigenvalue weighted by molar-refractivity contribution is 5.95. The van der Waals surface area contributed by atoms with E-state index in [1.54, 1.807) is 41.4 Å². The number of ketones is 1. The Bertz CT molecular complexity index is 802. The number of piperidine rings is 1. The highest BCUT2D eigenvalue weighted by Gasteiger charge is 2.38. The molecule has 0 bridgehead atoms. The highest BCUT2D eigenvalue weighted by Crippen LogP contribution is 2.39. The number of carbonyl (C=O) groups is 1. The number of nitro groups is 1. The van der Waals surface area contributed by atoms with E-state index in [0.29, 0.717) is 30.0 Å². The molecule has 1 aromatic heterocycles. The predicted molar refractivity (Wildman–Crippen MR) is 91.6 cm³/mol. The summed E-state index contributed by atoms with van der Waals surface area (Å²) in [5.41, 5.74) is -0.543. The average molecular weight is 343 g/mol. The van der Waals surface area contributed by atoms with Crippen LogP contribution in [0.4, 0.5) is 15.8 Å². The molecule has 25 heavy (non-hydrogen) atoms. The predicted octanol–water partition coefficient (Wildman–Crippen LogP) is 3.66. The lowest BCUT2D eigenvalue weighted by Crippen LogP contribution is -2.41. The molecular weight excluding hydrogens is 325 g/mol. The Morgan fingerprint density at radius 2 is 2.00 bits per heavy atom. The molecule has 3 rings (SSSR count). The van der Waals surface area contributed by atoms with Crippen molar-refractivity contribution in [3.8, 4) is 0 Å². The quantitative estimate of drug-likeness (QED) is 0.481. The molecule has 0 N–H and O–H groups in total. The van der Waals surface area contributed by atoms with Gasteiger partial charge in [-0.05, 0) is 31.2 Å². The molecule has 0 unspecified atom stereocenters. The highest BCUT2D eigenvalue weighted by atomic mass is 19.1. The lowest BCUT2D eigenvalue weighted by Gasteiger charge is -2.37. The van der Waals surface area contributed by atoms with Gasteiger partial charge in [-0.1, -0.05) is 6.07 Å². The molecule has 0 spiro atoms. The number of hydrogen-bond acceptors (Lipinski definition) is 5. The van der Waals surface area contributed by atoms with Crippen LogP contribution in [0.3, 0.4) is 0 Å². The number of nitrogens with zero attached hydrogens (tertiary/aromatic N) is 3. The first kappa shape index (κ1) is 17.0. The van der Waals surface area contributed by atoms with Crippen LogP contribution in [0.15, 0.2) is 42.6 Å². The van der Waals surface area contributed by atoms with Gasteiger partial charge in [0, 0.05) is 43.8 Å². The van der Waals surface area contributed by atoms with Crippen LogP contribution in [-0.2, 0) is 5.67 Å². The molecule has 0 aliphatic carbocycles. The molecule has 0 atom stereocenters. The number of alkyl halides is 1. The lowest BCUT2D eigenvalue weighted by molar-refractivity contribution is -0.384. The van der Waals surface area contributed by atoms with Crippen molar-refractivity contribution >= 4 is 17.2 Å². The van der Waals surface area contributed by atoms with Crippen LogP contribution in [0.5, 0.6) is 0 Å². The maximum Gasteiger partial charge on any atom is 0.293 e. The number of hydrogen-bond donors (Lipinski definition) is 0. The minimum absolute atomic E-state index is 0.128. The zero-order valence-electron chi connectivity index (χ0n) is 13.8. The van der Waals surface area contributed by atoms with Gasteiger partial charge in [-0.25, -0.2) is 4.39 Å². The maximum absolute atomic E-state index is 15.2. The molecule has 0 amide bonds. The van der Waals surface area contributed by atoms with Crippen LogP contribution in [0, 0.1) is 10.1 Å². The van der Waals surface area contributed by atoms with Crippen molar-refractivity contribution in [1.29, 1.82) is 0 Å². The number of halogens is 1. The van der Waals surface area contributed by atoms with Crippen LogP contribution in [-0.4, -0.2) is 28.8 Å². The second kappa shape index (κ2) is 6.58. The SMILES string of the molecule is CC(=O)c1ccc(N2CCC(F)(c3ccccn3)CC2)c([N+](=O)[O-])c1. The van der Waals surface area contributed by atoms with Gasteiger partial charge >= 0.3 is 0 Å². The zero-order valence-corrected chi connectivity index (χ0v) is 13.8. The van der Waals surface area contributed by atoms with Gasteiger partial charge in [0.25, 0.3) is 5.69 Å². The molecule has 1 aliphatic rings. The summed E-state index contributed by atoms with van der Waals surface area (Å²) in [6, 6.07) is 9.58. The summed E-state index contributed by atoms with van der Waals surface area (Å²) >= 11 is 0. The summed E-state index contributed by atoms with van der Waals surface area (Å²) in [5, 5.41) is 11.4. The standard InChI is InChI=1S/C18H18FN3O3/c1-13(23)14-5-6-15(16(12-14)22(24)25)21-10-7-18(19,8-11-21)17-4-2-3-9-20-17/h2-6,9,12H,7-8,10-11H2,1H3. The number of carbonyl (C=O) groups excluding carboxylic acids is 1. The molecule has 2 aromatic rings. The third-order valence-electron chi connectivity index (χ3n) is 4.60. The van der Waals surface area contributed by atoms with E-state index in [1.807, 2.05) is 0 Å². The van der Waals surface area contributed by atoms with Crippen molar-refractivity contribution in [2.75, 3.05) is 18.0 Å². The monoisotopic (exact) mass is 343 g/mol. The fourth-order valence-electron chi connectivity index (χ4n) is 3.14. The second-order valence-electron chi connectivity index (χ2n) is 6.18. The zero-order chi connectivity index (χ0) is 18.0. The van der Waals surface area contributed by atoms with Crippen molar-refractivity contribution < 1.29 is 14.1 Å². The number of rotatable bonds is 4. The Kier molecular flexibility index (Phi) is 4.48. The van der Waals surface area contributed by atoms with Gasteiger partial charge in [0.1, 0.15) is 5.69 Å². The first-order valence-electron chi connectivity index (χ1n) is 8.05. The first-order chi connectivity index (χ1) is 11.9. The summed E-state index contributed by atoms with van der Waals surface area (Å²) in [7, 11) is 0. The summed E-state index contributed by atoms with van der Waals surface area (Å²) in [5.74, 6) is -0.230. The van der Waals surface area contributed by atoms with Crippen LogP contribution >= 0.6 is 0 Å². The maximum atomic E-state index is 15.2.